The lowest BCUT2D eigenvalue weighted by Crippen LogP contribution is -2.23. The molecule has 1 amide bonds. The van der Waals surface area contributed by atoms with E-state index in [1.165, 1.54) is 0 Å². The van der Waals surface area contributed by atoms with E-state index in [0.29, 0.717) is 41.8 Å². The number of ether oxygens (including phenoxy) is 2. The van der Waals surface area contributed by atoms with Gasteiger partial charge in [0.2, 0.25) is 0 Å². The number of carbonyl (C=O) groups is 1. The minimum Gasteiger partial charge on any atom is -0.486 e. The third kappa shape index (κ3) is 3.18. The van der Waals surface area contributed by atoms with Crippen molar-refractivity contribution in [1.82, 2.24) is 10.3 Å². The van der Waals surface area contributed by atoms with Crippen molar-refractivity contribution < 1.29 is 14.3 Å². The standard InChI is InChI=1S/C20H17ClN2O3/c1-12-8-15(14-4-2-3-5-17(14)23-12)20(24)22-11-13-9-16(21)19-18(10-13)25-6-7-26-19/h2-5,8-10H,6-7,11H2,1H3,(H,22,24). The van der Waals surface area contributed by atoms with Crippen molar-refractivity contribution in [3.05, 3.63) is 64.3 Å². The molecule has 26 heavy (non-hydrogen) atoms. The van der Waals surface area contributed by atoms with Crippen LogP contribution in [0.1, 0.15) is 21.6 Å². The summed E-state index contributed by atoms with van der Waals surface area (Å²) in [4.78, 5) is 17.2. The van der Waals surface area contributed by atoms with Gasteiger partial charge in [-0.1, -0.05) is 29.8 Å². The monoisotopic (exact) mass is 368 g/mol. The number of nitrogens with zero attached hydrogens (tertiary/aromatic N) is 1. The molecule has 0 atom stereocenters. The molecule has 1 N–H and O–H groups in total. The van der Waals surface area contributed by atoms with E-state index in [9.17, 15) is 4.79 Å². The zero-order chi connectivity index (χ0) is 18.1. The normalized spacial score (nSPS) is 12.8. The van der Waals surface area contributed by atoms with Gasteiger partial charge in [-0.3, -0.25) is 9.78 Å². The molecule has 0 saturated carbocycles. The third-order valence-electron chi connectivity index (χ3n) is 4.20. The lowest BCUT2D eigenvalue weighted by Gasteiger charge is -2.20. The average Bonchev–Trinajstić information content (AvgIpc) is 2.65. The summed E-state index contributed by atoms with van der Waals surface area (Å²) in [5.41, 5.74) is 3.07. The van der Waals surface area contributed by atoms with Crippen molar-refractivity contribution in [1.29, 1.82) is 0 Å². The Morgan fingerprint density at radius 2 is 2.00 bits per heavy atom. The maximum atomic E-state index is 12.7. The van der Waals surface area contributed by atoms with Crippen molar-refractivity contribution in [2.75, 3.05) is 13.2 Å². The van der Waals surface area contributed by atoms with Crippen LogP contribution >= 0.6 is 11.6 Å². The number of halogens is 1. The zero-order valence-electron chi connectivity index (χ0n) is 14.2. The van der Waals surface area contributed by atoms with E-state index in [0.717, 1.165) is 22.2 Å². The van der Waals surface area contributed by atoms with Gasteiger partial charge in [-0.2, -0.15) is 0 Å². The minimum absolute atomic E-state index is 0.155. The molecule has 0 aliphatic carbocycles. The SMILES string of the molecule is Cc1cc(C(=O)NCc2cc(Cl)c3c(c2)OCCO3)c2ccccc2n1. The highest BCUT2D eigenvalue weighted by Gasteiger charge is 2.17. The summed E-state index contributed by atoms with van der Waals surface area (Å²) in [5, 5.41) is 4.26. The van der Waals surface area contributed by atoms with Gasteiger partial charge in [0.15, 0.2) is 11.5 Å². The van der Waals surface area contributed by atoms with Crippen molar-refractivity contribution in [2.45, 2.75) is 13.5 Å². The van der Waals surface area contributed by atoms with E-state index in [1.54, 1.807) is 12.1 Å². The lowest BCUT2D eigenvalue weighted by atomic mass is 10.1. The Bertz CT molecular complexity index is 1000. The molecule has 0 bridgehead atoms. The molecular weight excluding hydrogens is 352 g/mol. The van der Waals surface area contributed by atoms with Gasteiger partial charge < -0.3 is 14.8 Å². The van der Waals surface area contributed by atoms with E-state index >= 15 is 0 Å². The number of amides is 1. The van der Waals surface area contributed by atoms with Crippen LogP contribution in [0.15, 0.2) is 42.5 Å². The second-order valence-corrected chi connectivity index (χ2v) is 6.52. The Hall–Kier alpha value is -2.79. The number of para-hydroxylation sites is 1. The van der Waals surface area contributed by atoms with Crippen LogP contribution < -0.4 is 14.8 Å². The maximum absolute atomic E-state index is 12.7. The van der Waals surface area contributed by atoms with Crippen molar-refractivity contribution in [3.63, 3.8) is 0 Å². The zero-order valence-corrected chi connectivity index (χ0v) is 15.0. The van der Waals surface area contributed by atoms with Crippen LogP contribution in [0.5, 0.6) is 11.5 Å². The van der Waals surface area contributed by atoms with E-state index in [2.05, 4.69) is 10.3 Å². The summed E-state index contributed by atoms with van der Waals surface area (Å²) in [6.07, 6.45) is 0. The highest BCUT2D eigenvalue weighted by atomic mass is 35.5. The topological polar surface area (TPSA) is 60.5 Å². The summed E-state index contributed by atoms with van der Waals surface area (Å²) < 4.78 is 11.1. The van der Waals surface area contributed by atoms with E-state index in [-0.39, 0.29) is 5.91 Å². The van der Waals surface area contributed by atoms with Crippen LogP contribution in [0.3, 0.4) is 0 Å². The number of fused-ring (bicyclic) bond motifs is 2. The lowest BCUT2D eigenvalue weighted by molar-refractivity contribution is 0.0952. The second-order valence-electron chi connectivity index (χ2n) is 6.11. The number of hydrogen-bond acceptors (Lipinski definition) is 4. The summed E-state index contributed by atoms with van der Waals surface area (Å²) in [5.74, 6) is 1.01. The molecule has 5 nitrogen and oxygen atoms in total. The summed E-state index contributed by atoms with van der Waals surface area (Å²) in [7, 11) is 0. The summed E-state index contributed by atoms with van der Waals surface area (Å²) in [6, 6.07) is 13.0. The van der Waals surface area contributed by atoms with Gasteiger partial charge in [-0.15, -0.1) is 0 Å². The molecule has 1 aromatic heterocycles. The second kappa shape index (κ2) is 6.84. The predicted molar refractivity (Wildman–Crippen MR) is 100 cm³/mol. The number of hydrogen-bond donors (Lipinski definition) is 1. The maximum Gasteiger partial charge on any atom is 0.252 e. The molecule has 3 aromatic rings. The molecule has 0 unspecified atom stereocenters. The van der Waals surface area contributed by atoms with Crippen LogP contribution in [-0.2, 0) is 6.54 Å². The van der Waals surface area contributed by atoms with Crippen molar-refractivity contribution >= 4 is 28.4 Å². The summed E-state index contributed by atoms with van der Waals surface area (Å²) in [6.45, 7) is 3.19. The minimum atomic E-state index is -0.155. The molecular formula is C20H17ClN2O3. The Morgan fingerprint density at radius 3 is 2.88 bits per heavy atom. The number of aryl methyl sites for hydroxylation is 1. The van der Waals surface area contributed by atoms with Crippen LogP contribution in [0, 0.1) is 6.92 Å². The van der Waals surface area contributed by atoms with Crippen molar-refractivity contribution in [2.24, 2.45) is 0 Å². The first-order chi connectivity index (χ1) is 12.6. The van der Waals surface area contributed by atoms with Crippen molar-refractivity contribution in [3.8, 4) is 11.5 Å². The quantitative estimate of drug-likeness (QED) is 0.761. The van der Waals surface area contributed by atoms with Crippen LogP contribution in [0.25, 0.3) is 10.9 Å². The van der Waals surface area contributed by atoms with Gasteiger partial charge in [-0.25, -0.2) is 0 Å². The van der Waals surface area contributed by atoms with E-state index < -0.39 is 0 Å². The molecule has 0 fully saturated rings. The highest BCUT2D eigenvalue weighted by molar-refractivity contribution is 6.32. The fourth-order valence-corrected chi connectivity index (χ4v) is 3.33. The first-order valence-corrected chi connectivity index (χ1v) is 8.72. The van der Waals surface area contributed by atoms with Gasteiger partial charge in [0.1, 0.15) is 13.2 Å². The van der Waals surface area contributed by atoms with Gasteiger partial charge in [0, 0.05) is 17.6 Å². The van der Waals surface area contributed by atoms with Gasteiger partial charge in [0.25, 0.3) is 5.91 Å². The van der Waals surface area contributed by atoms with Gasteiger partial charge in [0.05, 0.1) is 16.1 Å². The molecule has 0 saturated heterocycles. The molecule has 132 valence electrons. The molecule has 0 radical (unpaired) electrons. The number of benzene rings is 2. The number of carbonyl (C=O) groups excluding carboxylic acids is 1. The Morgan fingerprint density at radius 1 is 1.19 bits per heavy atom. The van der Waals surface area contributed by atoms with Crippen LogP contribution in [-0.4, -0.2) is 24.1 Å². The molecule has 2 aromatic carbocycles. The first-order valence-electron chi connectivity index (χ1n) is 8.34. The summed E-state index contributed by atoms with van der Waals surface area (Å²) >= 11 is 6.25. The van der Waals surface area contributed by atoms with E-state index in [1.807, 2.05) is 37.3 Å². The highest BCUT2D eigenvalue weighted by Crippen LogP contribution is 2.38. The van der Waals surface area contributed by atoms with Crippen LogP contribution in [0.2, 0.25) is 5.02 Å². The van der Waals surface area contributed by atoms with Gasteiger partial charge >= 0.3 is 0 Å². The Labute approximate surface area is 155 Å². The fourth-order valence-electron chi connectivity index (χ4n) is 3.04. The smallest absolute Gasteiger partial charge is 0.252 e. The molecule has 6 heteroatoms. The average molecular weight is 369 g/mol. The molecule has 4 rings (SSSR count). The molecule has 1 aliphatic rings. The number of aromatic nitrogens is 1. The third-order valence-corrected chi connectivity index (χ3v) is 4.48. The molecule has 1 aliphatic heterocycles. The van der Waals surface area contributed by atoms with E-state index in [4.69, 9.17) is 21.1 Å². The first kappa shape index (κ1) is 16.7. The number of rotatable bonds is 3. The Balaban J connectivity index is 1.57. The fraction of sp³-hybridized carbons (Fsp3) is 0.200. The van der Waals surface area contributed by atoms with Gasteiger partial charge in [-0.05, 0) is 36.8 Å². The molecule has 2 heterocycles. The largest absolute Gasteiger partial charge is 0.486 e. The molecule has 0 spiro atoms. The predicted octanol–water partition coefficient (Wildman–Crippen LogP) is 3.90. The van der Waals surface area contributed by atoms with Crippen LogP contribution in [0.4, 0.5) is 0 Å². The Kier molecular flexibility index (Phi) is 4.39. The number of nitrogens with one attached hydrogen (secondary N) is 1. The number of pyridine rings is 1.